The second kappa shape index (κ2) is 7.94. The fourth-order valence-corrected chi connectivity index (χ4v) is 9.09. The van der Waals surface area contributed by atoms with Crippen LogP contribution in [0, 0.1) is 0 Å². The standard InChI is InChI=1S/C20H25N3O4S3/c24-17(23(13-3-1-2-4-13)14-6-8-30(26,27)11-14)9-22-12-21-19-18(20(22)25)15-5-7-28-10-16(15)29-19/h12-14H,1-11H2. The molecule has 0 bridgehead atoms. The first-order valence-corrected chi connectivity index (χ1v) is 14.3. The molecule has 1 atom stereocenters. The van der Waals surface area contributed by atoms with E-state index in [2.05, 4.69) is 4.98 Å². The number of thioether (sulfide) groups is 1. The van der Waals surface area contributed by atoms with Crippen molar-refractivity contribution in [1.82, 2.24) is 14.5 Å². The van der Waals surface area contributed by atoms with Crippen molar-refractivity contribution >= 4 is 49.1 Å². The zero-order valence-electron chi connectivity index (χ0n) is 16.7. The van der Waals surface area contributed by atoms with Gasteiger partial charge >= 0.3 is 0 Å². The number of sulfone groups is 1. The van der Waals surface area contributed by atoms with Gasteiger partial charge in [-0.2, -0.15) is 11.8 Å². The van der Waals surface area contributed by atoms with Gasteiger partial charge in [-0.3, -0.25) is 14.2 Å². The van der Waals surface area contributed by atoms with Crippen molar-refractivity contribution in [2.24, 2.45) is 0 Å². The van der Waals surface area contributed by atoms with E-state index in [0.717, 1.165) is 54.0 Å². The van der Waals surface area contributed by atoms with Crippen molar-refractivity contribution in [3.8, 4) is 0 Å². The van der Waals surface area contributed by atoms with Crippen LogP contribution in [0.2, 0.25) is 0 Å². The summed E-state index contributed by atoms with van der Waals surface area (Å²) in [6.45, 7) is -0.0752. The maximum atomic E-state index is 13.4. The number of nitrogens with zero attached hydrogens (tertiary/aromatic N) is 3. The van der Waals surface area contributed by atoms with Gasteiger partial charge < -0.3 is 4.90 Å². The molecule has 1 amide bonds. The predicted octanol–water partition coefficient (Wildman–Crippen LogP) is 2.21. The lowest BCUT2D eigenvalue weighted by Crippen LogP contribution is -2.49. The fraction of sp³-hybridized carbons (Fsp3) is 0.650. The van der Waals surface area contributed by atoms with Crippen molar-refractivity contribution in [3.05, 3.63) is 27.1 Å². The van der Waals surface area contributed by atoms with Crippen LogP contribution in [0.1, 0.15) is 42.5 Å². The Morgan fingerprint density at radius 2 is 2.03 bits per heavy atom. The van der Waals surface area contributed by atoms with Gasteiger partial charge in [-0.25, -0.2) is 13.4 Å². The molecule has 1 unspecified atom stereocenters. The molecule has 1 saturated carbocycles. The molecule has 0 aromatic carbocycles. The summed E-state index contributed by atoms with van der Waals surface area (Å²) in [5, 5.41) is 0.668. The van der Waals surface area contributed by atoms with Gasteiger partial charge in [0.15, 0.2) is 9.84 Å². The first-order valence-electron chi connectivity index (χ1n) is 10.5. The molecule has 3 aliphatic rings. The molecule has 2 aromatic rings. The van der Waals surface area contributed by atoms with Crippen LogP contribution in [0.5, 0.6) is 0 Å². The van der Waals surface area contributed by atoms with Crippen LogP contribution in [0.4, 0.5) is 0 Å². The summed E-state index contributed by atoms with van der Waals surface area (Å²) >= 11 is 3.45. The molecule has 10 heteroatoms. The van der Waals surface area contributed by atoms with Gasteiger partial charge in [-0.15, -0.1) is 11.3 Å². The summed E-state index contributed by atoms with van der Waals surface area (Å²) in [6, 6.07) is -0.196. The van der Waals surface area contributed by atoms with Gasteiger partial charge in [0.05, 0.1) is 23.2 Å². The molecule has 162 valence electrons. The Hall–Kier alpha value is -1.39. The lowest BCUT2D eigenvalue weighted by atomic mass is 10.1. The van der Waals surface area contributed by atoms with Crippen molar-refractivity contribution in [2.45, 2.75) is 62.9 Å². The number of rotatable bonds is 4. The Bertz CT molecular complexity index is 1150. The van der Waals surface area contributed by atoms with Crippen LogP contribution in [-0.4, -0.2) is 58.1 Å². The van der Waals surface area contributed by atoms with E-state index in [1.807, 2.05) is 11.8 Å². The minimum Gasteiger partial charge on any atom is -0.334 e. The van der Waals surface area contributed by atoms with E-state index >= 15 is 0 Å². The second-order valence-electron chi connectivity index (χ2n) is 8.46. The first-order chi connectivity index (χ1) is 14.4. The van der Waals surface area contributed by atoms with Crippen LogP contribution in [0.25, 0.3) is 10.2 Å². The summed E-state index contributed by atoms with van der Waals surface area (Å²) in [5.41, 5.74) is 0.950. The maximum Gasteiger partial charge on any atom is 0.262 e. The third-order valence-electron chi connectivity index (χ3n) is 6.50. The number of hydrogen-bond acceptors (Lipinski definition) is 7. The van der Waals surface area contributed by atoms with Crippen molar-refractivity contribution in [1.29, 1.82) is 0 Å². The van der Waals surface area contributed by atoms with E-state index in [4.69, 9.17) is 0 Å². The van der Waals surface area contributed by atoms with Crippen molar-refractivity contribution in [3.63, 3.8) is 0 Å². The highest BCUT2D eigenvalue weighted by atomic mass is 32.2. The maximum absolute atomic E-state index is 13.4. The third kappa shape index (κ3) is 3.71. The zero-order chi connectivity index (χ0) is 20.9. The highest BCUT2D eigenvalue weighted by Gasteiger charge is 2.39. The Kier molecular flexibility index (Phi) is 5.43. The Morgan fingerprint density at radius 1 is 1.23 bits per heavy atom. The fourth-order valence-electron chi connectivity index (χ4n) is 5.07. The minimum atomic E-state index is -3.09. The van der Waals surface area contributed by atoms with Gasteiger partial charge in [0.1, 0.15) is 11.4 Å². The lowest BCUT2D eigenvalue weighted by molar-refractivity contribution is -0.136. The normalized spacial score (nSPS) is 23.7. The molecular weight excluding hydrogens is 442 g/mol. The molecule has 2 aromatic heterocycles. The molecule has 2 fully saturated rings. The van der Waals surface area contributed by atoms with Gasteiger partial charge in [0.25, 0.3) is 5.56 Å². The van der Waals surface area contributed by atoms with E-state index in [1.54, 1.807) is 16.2 Å². The number of thiophene rings is 1. The molecule has 0 radical (unpaired) electrons. The van der Waals surface area contributed by atoms with Gasteiger partial charge in [-0.1, -0.05) is 12.8 Å². The highest BCUT2D eigenvalue weighted by molar-refractivity contribution is 7.98. The minimum absolute atomic E-state index is 0.0388. The van der Waals surface area contributed by atoms with Crippen LogP contribution >= 0.6 is 23.1 Å². The van der Waals surface area contributed by atoms with Crippen molar-refractivity contribution in [2.75, 3.05) is 17.3 Å². The van der Waals surface area contributed by atoms with E-state index in [1.165, 1.54) is 15.8 Å². The molecular formula is C20H25N3O4S3. The smallest absolute Gasteiger partial charge is 0.262 e. The monoisotopic (exact) mass is 467 g/mol. The molecule has 4 heterocycles. The summed E-state index contributed by atoms with van der Waals surface area (Å²) < 4.78 is 25.5. The number of aromatic nitrogens is 2. The van der Waals surface area contributed by atoms with Crippen LogP contribution in [-0.2, 0) is 33.4 Å². The van der Waals surface area contributed by atoms with Gasteiger partial charge in [0, 0.05) is 22.7 Å². The molecule has 1 aliphatic carbocycles. The summed E-state index contributed by atoms with van der Waals surface area (Å²) in [7, 11) is -3.09. The van der Waals surface area contributed by atoms with E-state index < -0.39 is 9.84 Å². The lowest BCUT2D eigenvalue weighted by Gasteiger charge is -2.34. The average molecular weight is 468 g/mol. The number of aryl methyl sites for hydroxylation is 1. The van der Waals surface area contributed by atoms with E-state index in [0.29, 0.717) is 11.8 Å². The first kappa shape index (κ1) is 20.5. The molecule has 5 rings (SSSR count). The number of amides is 1. The van der Waals surface area contributed by atoms with Gasteiger partial charge in [0.2, 0.25) is 5.91 Å². The Labute approximate surface area is 183 Å². The molecule has 7 nitrogen and oxygen atoms in total. The van der Waals surface area contributed by atoms with E-state index in [9.17, 15) is 18.0 Å². The highest BCUT2D eigenvalue weighted by Crippen LogP contribution is 2.35. The SMILES string of the molecule is O=C(Cn1cnc2sc3c(c2c1=O)CCSC3)N(C1CCCC1)C1CCS(=O)(=O)C1. The summed E-state index contributed by atoms with van der Waals surface area (Å²) in [5.74, 6) is 1.93. The summed E-state index contributed by atoms with van der Waals surface area (Å²) in [6.07, 6.45) is 6.76. The van der Waals surface area contributed by atoms with Crippen molar-refractivity contribution < 1.29 is 13.2 Å². The van der Waals surface area contributed by atoms with E-state index in [-0.39, 0.29) is 41.6 Å². The third-order valence-corrected chi connectivity index (χ3v) is 10.6. The topological polar surface area (TPSA) is 89.3 Å². The summed E-state index contributed by atoms with van der Waals surface area (Å²) in [4.78, 5) is 34.8. The predicted molar refractivity (Wildman–Crippen MR) is 120 cm³/mol. The van der Waals surface area contributed by atoms with Crippen LogP contribution in [0.15, 0.2) is 11.1 Å². The zero-order valence-corrected chi connectivity index (χ0v) is 19.2. The quantitative estimate of drug-likeness (QED) is 0.685. The molecule has 2 aliphatic heterocycles. The number of carbonyl (C=O) groups excluding carboxylic acids is 1. The number of hydrogen-bond donors (Lipinski definition) is 0. The molecule has 0 N–H and O–H groups in total. The van der Waals surface area contributed by atoms with Crippen LogP contribution < -0.4 is 5.56 Å². The number of fused-ring (bicyclic) bond motifs is 3. The Morgan fingerprint density at radius 3 is 2.77 bits per heavy atom. The largest absolute Gasteiger partial charge is 0.334 e. The average Bonchev–Trinajstić information content (AvgIpc) is 3.43. The molecule has 1 saturated heterocycles. The van der Waals surface area contributed by atoms with Crippen LogP contribution in [0.3, 0.4) is 0 Å². The number of carbonyl (C=O) groups is 1. The van der Waals surface area contributed by atoms with Gasteiger partial charge in [-0.05, 0) is 37.0 Å². The molecule has 30 heavy (non-hydrogen) atoms. The second-order valence-corrected chi connectivity index (χ2v) is 12.9. The molecule has 0 spiro atoms. The Balaban J connectivity index is 1.46.